The molecule has 1 aliphatic rings. The summed E-state index contributed by atoms with van der Waals surface area (Å²) >= 11 is 0. The molecule has 1 rings (SSSR count). The van der Waals surface area contributed by atoms with Crippen LogP contribution in [-0.4, -0.2) is 76.3 Å². The molecule has 0 aromatic rings. The number of guanidine groups is 1. The predicted octanol–water partition coefficient (Wildman–Crippen LogP) is 3.29. The fraction of sp³-hybridized carbons (Fsp3) is 0.947. The lowest BCUT2D eigenvalue weighted by Gasteiger charge is -2.32. The van der Waals surface area contributed by atoms with Gasteiger partial charge in [-0.1, -0.05) is 19.8 Å². The second kappa shape index (κ2) is 14.0. The molecule has 1 aliphatic carbocycles. The zero-order chi connectivity index (χ0) is 17.9. The minimum Gasteiger partial charge on any atom is -0.377 e. The third-order valence-electron chi connectivity index (χ3n) is 5.03. The maximum atomic E-state index is 5.87. The van der Waals surface area contributed by atoms with Gasteiger partial charge in [-0.15, -0.1) is 24.0 Å². The quantitative estimate of drug-likeness (QED) is 0.320. The zero-order valence-electron chi connectivity index (χ0n) is 17.3. The van der Waals surface area contributed by atoms with E-state index in [-0.39, 0.29) is 30.1 Å². The van der Waals surface area contributed by atoms with E-state index in [1.54, 1.807) is 0 Å². The first-order valence-electron chi connectivity index (χ1n) is 9.64. The van der Waals surface area contributed by atoms with Gasteiger partial charge in [0.25, 0.3) is 0 Å². The Balaban J connectivity index is 0.00000576. The number of hydrogen-bond donors (Lipinski definition) is 1. The van der Waals surface area contributed by atoms with Gasteiger partial charge in [-0.2, -0.15) is 0 Å². The van der Waals surface area contributed by atoms with E-state index < -0.39 is 0 Å². The Bertz CT molecular complexity index is 357. The van der Waals surface area contributed by atoms with Gasteiger partial charge < -0.3 is 19.9 Å². The van der Waals surface area contributed by atoms with Gasteiger partial charge in [0, 0.05) is 40.3 Å². The molecule has 0 saturated heterocycles. The molecule has 0 aliphatic heterocycles. The van der Waals surface area contributed by atoms with Crippen LogP contribution in [0.1, 0.15) is 46.0 Å². The molecule has 25 heavy (non-hydrogen) atoms. The SMILES string of the molecule is CCOC(CCN(C)C)CNC(=NC)N(C)CC1CCC(C)CC1.I. The van der Waals surface area contributed by atoms with Crippen molar-refractivity contribution in [3.8, 4) is 0 Å². The highest BCUT2D eigenvalue weighted by molar-refractivity contribution is 14.0. The first-order chi connectivity index (χ1) is 11.5. The summed E-state index contributed by atoms with van der Waals surface area (Å²) in [5.74, 6) is 2.71. The molecule has 1 unspecified atom stereocenters. The first kappa shape index (κ1) is 24.9. The third-order valence-corrected chi connectivity index (χ3v) is 5.03. The summed E-state index contributed by atoms with van der Waals surface area (Å²) in [6.07, 6.45) is 6.73. The number of nitrogens with one attached hydrogen (secondary N) is 1. The Labute approximate surface area is 173 Å². The van der Waals surface area contributed by atoms with Gasteiger partial charge in [0.05, 0.1) is 6.10 Å². The number of hydrogen-bond acceptors (Lipinski definition) is 3. The average molecular weight is 468 g/mol. The van der Waals surface area contributed by atoms with E-state index in [0.717, 1.165) is 50.5 Å². The maximum Gasteiger partial charge on any atom is 0.193 e. The predicted molar refractivity (Wildman–Crippen MR) is 119 cm³/mol. The van der Waals surface area contributed by atoms with Gasteiger partial charge in [0.15, 0.2) is 5.96 Å². The highest BCUT2D eigenvalue weighted by atomic mass is 127. The van der Waals surface area contributed by atoms with Gasteiger partial charge in [-0.05, 0) is 52.1 Å². The van der Waals surface area contributed by atoms with E-state index >= 15 is 0 Å². The van der Waals surface area contributed by atoms with E-state index in [1.165, 1.54) is 25.7 Å². The standard InChI is InChI=1S/C19H40N4O.HI/c1-7-24-18(12-13-22(4)5)14-21-19(20-3)23(6)15-17-10-8-16(2)9-11-17;/h16-18H,7-15H2,1-6H3,(H,20,21);1H. The van der Waals surface area contributed by atoms with Crippen LogP contribution in [0.4, 0.5) is 0 Å². The molecule has 0 amide bonds. The van der Waals surface area contributed by atoms with Crippen LogP contribution in [0.15, 0.2) is 4.99 Å². The highest BCUT2D eigenvalue weighted by Gasteiger charge is 2.21. The van der Waals surface area contributed by atoms with Crippen LogP contribution >= 0.6 is 24.0 Å². The Morgan fingerprint density at radius 2 is 1.84 bits per heavy atom. The Kier molecular flexibility index (Phi) is 14.0. The number of aliphatic imine (C=N–C) groups is 1. The minimum absolute atomic E-state index is 0. The van der Waals surface area contributed by atoms with Crippen molar-refractivity contribution >= 4 is 29.9 Å². The van der Waals surface area contributed by atoms with E-state index in [2.05, 4.69) is 55.1 Å². The van der Waals surface area contributed by atoms with Crippen LogP contribution in [0, 0.1) is 11.8 Å². The van der Waals surface area contributed by atoms with Crippen LogP contribution in [0.2, 0.25) is 0 Å². The van der Waals surface area contributed by atoms with Crippen molar-refractivity contribution in [3.63, 3.8) is 0 Å². The van der Waals surface area contributed by atoms with Gasteiger partial charge in [-0.3, -0.25) is 4.99 Å². The molecule has 0 radical (unpaired) electrons. The molecule has 0 aromatic heterocycles. The number of halogens is 1. The molecule has 0 aromatic carbocycles. The van der Waals surface area contributed by atoms with Crippen molar-refractivity contribution < 1.29 is 4.74 Å². The third kappa shape index (κ3) is 10.6. The van der Waals surface area contributed by atoms with Crippen LogP contribution in [0.3, 0.4) is 0 Å². The second-order valence-corrected chi connectivity index (χ2v) is 7.60. The Hall–Kier alpha value is -0.0800. The summed E-state index contributed by atoms with van der Waals surface area (Å²) < 4.78 is 5.87. The molecule has 150 valence electrons. The van der Waals surface area contributed by atoms with Crippen molar-refractivity contribution in [1.29, 1.82) is 0 Å². The van der Waals surface area contributed by atoms with Gasteiger partial charge in [0.1, 0.15) is 0 Å². The minimum atomic E-state index is 0. The van der Waals surface area contributed by atoms with Crippen LogP contribution in [-0.2, 0) is 4.74 Å². The Morgan fingerprint density at radius 3 is 2.36 bits per heavy atom. The molecule has 0 heterocycles. The first-order valence-corrected chi connectivity index (χ1v) is 9.64. The van der Waals surface area contributed by atoms with Crippen LogP contribution in [0.5, 0.6) is 0 Å². The second-order valence-electron chi connectivity index (χ2n) is 7.60. The summed E-state index contributed by atoms with van der Waals surface area (Å²) in [6.45, 7) is 8.16. The molecule has 0 bridgehead atoms. The fourth-order valence-electron chi connectivity index (χ4n) is 3.46. The van der Waals surface area contributed by atoms with Crippen molar-refractivity contribution in [3.05, 3.63) is 0 Å². The van der Waals surface area contributed by atoms with E-state index in [1.807, 2.05) is 7.05 Å². The normalized spacial score (nSPS) is 22.4. The van der Waals surface area contributed by atoms with Gasteiger partial charge in [-0.25, -0.2) is 0 Å². The van der Waals surface area contributed by atoms with E-state index in [9.17, 15) is 0 Å². The monoisotopic (exact) mass is 468 g/mol. The number of ether oxygens (including phenoxy) is 1. The Morgan fingerprint density at radius 1 is 1.20 bits per heavy atom. The molecular formula is C19H41IN4O. The highest BCUT2D eigenvalue weighted by Crippen LogP contribution is 2.28. The summed E-state index contributed by atoms with van der Waals surface area (Å²) in [6, 6.07) is 0. The maximum absolute atomic E-state index is 5.87. The summed E-state index contributed by atoms with van der Waals surface area (Å²) in [4.78, 5) is 8.95. The number of rotatable bonds is 9. The zero-order valence-corrected chi connectivity index (χ0v) is 19.6. The summed E-state index contributed by atoms with van der Waals surface area (Å²) in [5.41, 5.74) is 0. The van der Waals surface area contributed by atoms with E-state index in [0.29, 0.717) is 0 Å². The van der Waals surface area contributed by atoms with Gasteiger partial charge >= 0.3 is 0 Å². The van der Waals surface area contributed by atoms with Crippen molar-refractivity contribution in [2.45, 2.75) is 52.1 Å². The molecule has 1 fully saturated rings. The van der Waals surface area contributed by atoms with Gasteiger partial charge in [0.2, 0.25) is 0 Å². The molecule has 1 atom stereocenters. The molecule has 1 saturated carbocycles. The lowest BCUT2D eigenvalue weighted by molar-refractivity contribution is 0.0544. The summed E-state index contributed by atoms with van der Waals surface area (Å²) in [7, 11) is 8.24. The molecule has 0 spiro atoms. The largest absolute Gasteiger partial charge is 0.377 e. The molecule has 5 nitrogen and oxygen atoms in total. The fourth-order valence-corrected chi connectivity index (χ4v) is 3.46. The van der Waals surface area contributed by atoms with E-state index in [4.69, 9.17) is 4.74 Å². The molecule has 1 N–H and O–H groups in total. The van der Waals surface area contributed by atoms with Crippen LogP contribution in [0.25, 0.3) is 0 Å². The average Bonchev–Trinajstić information content (AvgIpc) is 2.55. The lowest BCUT2D eigenvalue weighted by Crippen LogP contribution is -2.45. The van der Waals surface area contributed by atoms with Crippen molar-refractivity contribution in [2.24, 2.45) is 16.8 Å². The smallest absolute Gasteiger partial charge is 0.193 e. The molecule has 6 heteroatoms. The molecular weight excluding hydrogens is 427 g/mol. The van der Waals surface area contributed by atoms with Crippen LogP contribution < -0.4 is 5.32 Å². The topological polar surface area (TPSA) is 40.1 Å². The number of nitrogens with zero attached hydrogens (tertiary/aromatic N) is 3. The summed E-state index contributed by atoms with van der Waals surface area (Å²) in [5, 5.41) is 3.51. The van der Waals surface area contributed by atoms with Crippen molar-refractivity contribution in [2.75, 3.05) is 54.4 Å². The lowest BCUT2D eigenvalue weighted by atomic mass is 9.83. The van der Waals surface area contributed by atoms with Crippen molar-refractivity contribution in [1.82, 2.24) is 15.1 Å².